The summed E-state index contributed by atoms with van der Waals surface area (Å²) in [6, 6.07) is 7.76. The third-order valence-electron chi connectivity index (χ3n) is 4.62. The van der Waals surface area contributed by atoms with Crippen LogP contribution in [0.1, 0.15) is 11.1 Å². The quantitative estimate of drug-likeness (QED) is 0.579. The van der Waals surface area contributed by atoms with Crippen LogP contribution < -0.4 is 20.1 Å². The summed E-state index contributed by atoms with van der Waals surface area (Å²) in [6.45, 7) is 1.41. The lowest BCUT2D eigenvalue weighted by atomic mass is 10.2. The van der Waals surface area contributed by atoms with Crippen molar-refractivity contribution < 1.29 is 22.6 Å². The monoisotopic (exact) mass is 452 g/mol. The molecular formula is C20H16ClF3N4O3. The van der Waals surface area contributed by atoms with Crippen LogP contribution >= 0.6 is 11.6 Å². The van der Waals surface area contributed by atoms with E-state index < -0.39 is 11.7 Å². The van der Waals surface area contributed by atoms with E-state index in [2.05, 4.69) is 9.97 Å². The summed E-state index contributed by atoms with van der Waals surface area (Å²) in [5.74, 6) is 0.943. The first-order valence-corrected chi connectivity index (χ1v) is 9.53. The molecule has 1 aromatic carbocycles. The van der Waals surface area contributed by atoms with E-state index >= 15 is 0 Å². The van der Waals surface area contributed by atoms with Gasteiger partial charge in [0.25, 0.3) is 0 Å². The molecule has 0 unspecified atom stereocenters. The summed E-state index contributed by atoms with van der Waals surface area (Å²) in [4.78, 5) is 22.0. The van der Waals surface area contributed by atoms with Crippen molar-refractivity contribution in [3.63, 3.8) is 0 Å². The number of benzene rings is 1. The fourth-order valence-electron chi connectivity index (χ4n) is 3.06. The first-order valence-electron chi connectivity index (χ1n) is 9.15. The van der Waals surface area contributed by atoms with E-state index in [-0.39, 0.29) is 34.8 Å². The predicted molar refractivity (Wildman–Crippen MR) is 107 cm³/mol. The molecule has 7 nitrogen and oxygen atoms in total. The Morgan fingerprint density at radius 2 is 1.94 bits per heavy atom. The number of aromatic nitrogens is 3. The third-order valence-corrected chi connectivity index (χ3v) is 4.84. The van der Waals surface area contributed by atoms with Crippen LogP contribution in [-0.4, -0.2) is 28.1 Å². The van der Waals surface area contributed by atoms with Gasteiger partial charge in [-0.05, 0) is 24.3 Å². The van der Waals surface area contributed by atoms with Gasteiger partial charge >= 0.3 is 11.9 Å². The fourth-order valence-corrected chi connectivity index (χ4v) is 3.28. The molecule has 0 fully saturated rings. The molecule has 0 atom stereocenters. The molecule has 3 heterocycles. The van der Waals surface area contributed by atoms with E-state index in [4.69, 9.17) is 21.1 Å². The molecule has 0 aliphatic carbocycles. The topological polar surface area (TPSA) is 69.5 Å². The lowest BCUT2D eigenvalue weighted by molar-refractivity contribution is -0.137. The van der Waals surface area contributed by atoms with Crippen molar-refractivity contribution >= 4 is 17.4 Å². The second-order valence-corrected chi connectivity index (χ2v) is 7.31. The van der Waals surface area contributed by atoms with E-state index in [9.17, 15) is 18.0 Å². The van der Waals surface area contributed by atoms with Crippen LogP contribution in [0.4, 0.5) is 19.0 Å². The summed E-state index contributed by atoms with van der Waals surface area (Å²) in [7, 11) is 1.88. The molecule has 2 aromatic heterocycles. The molecule has 31 heavy (non-hydrogen) atoms. The maximum atomic E-state index is 12.9. The molecule has 3 aromatic rings. The summed E-state index contributed by atoms with van der Waals surface area (Å²) in [5, 5.41) is -0.0988. The van der Waals surface area contributed by atoms with Crippen molar-refractivity contribution in [3.05, 3.63) is 69.2 Å². The van der Waals surface area contributed by atoms with Crippen LogP contribution in [0.25, 0.3) is 0 Å². The van der Waals surface area contributed by atoms with E-state index in [0.29, 0.717) is 12.1 Å². The molecular weight excluding hydrogens is 437 g/mol. The van der Waals surface area contributed by atoms with Gasteiger partial charge in [0.2, 0.25) is 11.8 Å². The Labute approximate surface area is 179 Å². The molecule has 1 aliphatic rings. The highest BCUT2D eigenvalue weighted by Gasteiger charge is 2.31. The van der Waals surface area contributed by atoms with Gasteiger partial charge in [-0.15, -0.1) is 0 Å². The van der Waals surface area contributed by atoms with Gasteiger partial charge in [0.1, 0.15) is 18.2 Å². The molecule has 0 saturated carbocycles. The molecule has 0 radical (unpaired) electrons. The maximum absolute atomic E-state index is 12.9. The van der Waals surface area contributed by atoms with Crippen LogP contribution in [0, 0.1) is 0 Å². The predicted octanol–water partition coefficient (Wildman–Crippen LogP) is 4.13. The van der Waals surface area contributed by atoms with Gasteiger partial charge in [-0.1, -0.05) is 11.6 Å². The Hall–Kier alpha value is -3.27. The second-order valence-electron chi connectivity index (χ2n) is 6.88. The minimum Gasteiger partial charge on any atom is -0.473 e. The summed E-state index contributed by atoms with van der Waals surface area (Å²) >= 11 is 5.75. The van der Waals surface area contributed by atoms with Crippen molar-refractivity contribution in [2.45, 2.75) is 19.3 Å². The molecule has 4 rings (SSSR count). The number of alkyl halides is 3. The number of rotatable bonds is 5. The van der Waals surface area contributed by atoms with Crippen LogP contribution in [-0.2, 0) is 19.3 Å². The van der Waals surface area contributed by atoms with Crippen molar-refractivity contribution in [3.8, 4) is 17.5 Å². The van der Waals surface area contributed by atoms with Gasteiger partial charge in [-0.2, -0.15) is 18.2 Å². The second kappa shape index (κ2) is 8.10. The first-order chi connectivity index (χ1) is 14.7. The number of pyridine rings is 1. The number of halogens is 4. The van der Waals surface area contributed by atoms with Gasteiger partial charge in [0, 0.05) is 49.1 Å². The van der Waals surface area contributed by atoms with Gasteiger partial charge in [0.05, 0.1) is 5.56 Å². The lowest BCUT2D eigenvalue weighted by Gasteiger charge is -2.12. The van der Waals surface area contributed by atoms with Crippen LogP contribution in [0.2, 0.25) is 5.02 Å². The van der Waals surface area contributed by atoms with Gasteiger partial charge in [-0.3, -0.25) is 4.57 Å². The molecule has 11 heteroatoms. The fraction of sp³-hybridized carbons (Fsp3) is 0.250. The van der Waals surface area contributed by atoms with E-state index in [1.807, 2.05) is 11.9 Å². The minimum absolute atomic E-state index is 0.0803. The largest absolute Gasteiger partial charge is 0.473 e. The Bertz CT molecular complexity index is 1170. The highest BCUT2D eigenvalue weighted by molar-refractivity contribution is 6.30. The zero-order chi connectivity index (χ0) is 22.2. The minimum atomic E-state index is -4.54. The number of nitrogens with zero attached hydrogens (tertiary/aromatic N) is 4. The van der Waals surface area contributed by atoms with Crippen LogP contribution in [0.15, 0.2) is 47.4 Å². The maximum Gasteiger partial charge on any atom is 0.416 e. The highest BCUT2D eigenvalue weighted by atomic mass is 35.5. The number of hydrogen-bond donors (Lipinski definition) is 0. The van der Waals surface area contributed by atoms with Crippen molar-refractivity contribution in [2.75, 3.05) is 18.5 Å². The standard InChI is InChI=1S/C20H16ClF3N4O3/c1-27-4-5-28-18(27)9-17(26-19(28)29)30-11-12-2-3-16(25-10-12)31-15-7-13(20(22,23)24)6-14(21)8-15/h2-3,6-10H,4-5,11H2,1H3. The average Bonchev–Trinajstić information content (AvgIpc) is 3.08. The third kappa shape index (κ3) is 4.74. The summed E-state index contributed by atoms with van der Waals surface area (Å²) in [6.07, 6.45) is -3.09. The van der Waals surface area contributed by atoms with Gasteiger partial charge < -0.3 is 14.4 Å². The summed E-state index contributed by atoms with van der Waals surface area (Å²) in [5.41, 5.74) is -0.632. The molecule has 0 spiro atoms. The molecule has 1 aliphatic heterocycles. The Morgan fingerprint density at radius 3 is 2.65 bits per heavy atom. The normalized spacial score (nSPS) is 13.3. The zero-order valence-electron chi connectivity index (χ0n) is 16.2. The zero-order valence-corrected chi connectivity index (χ0v) is 16.9. The van der Waals surface area contributed by atoms with Crippen LogP contribution in [0.3, 0.4) is 0 Å². The number of hydrogen-bond acceptors (Lipinski definition) is 6. The Kier molecular flexibility index (Phi) is 5.48. The number of ether oxygens (including phenoxy) is 2. The highest BCUT2D eigenvalue weighted by Crippen LogP contribution is 2.35. The molecule has 0 amide bonds. The van der Waals surface area contributed by atoms with Crippen molar-refractivity contribution in [1.82, 2.24) is 14.5 Å². The molecule has 0 saturated heterocycles. The molecule has 0 bridgehead atoms. The van der Waals surface area contributed by atoms with Crippen LogP contribution in [0.5, 0.6) is 17.5 Å². The number of fused-ring (bicyclic) bond motifs is 1. The average molecular weight is 453 g/mol. The first kappa shape index (κ1) is 21.0. The lowest BCUT2D eigenvalue weighted by Crippen LogP contribution is -2.22. The van der Waals surface area contributed by atoms with Crippen molar-refractivity contribution in [1.29, 1.82) is 0 Å². The van der Waals surface area contributed by atoms with Gasteiger partial charge in [-0.25, -0.2) is 9.78 Å². The molecule has 162 valence electrons. The number of likely N-dealkylation sites (N-methyl/N-ethyl adjacent to an activating group) is 1. The van der Waals surface area contributed by atoms with E-state index in [0.717, 1.165) is 24.5 Å². The molecule has 0 N–H and O–H groups in total. The Morgan fingerprint density at radius 1 is 1.13 bits per heavy atom. The van der Waals surface area contributed by atoms with E-state index in [1.54, 1.807) is 16.7 Å². The smallest absolute Gasteiger partial charge is 0.416 e. The van der Waals surface area contributed by atoms with Gasteiger partial charge in [0.15, 0.2) is 0 Å². The summed E-state index contributed by atoms with van der Waals surface area (Å²) < 4.78 is 51.3. The number of anilines is 1. The SMILES string of the molecule is CN1CCn2c1cc(OCc1ccc(Oc3cc(Cl)cc(C(F)(F)F)c3)nc1)nc2=O. The van der Waals surface area contributed by atoms with Crippen molar-refractivity contribution in [2.24, 2.45) is 0 Å². The van der Waals surface area contributed by atoms with E-state index in [1.165, 1.54) is 18.3 Å². The Balaban J connectivity index is 1.43.